The molecule has 3 heteroatoms. The van der Waals surface area contributed by atoms with Crippen LogP contribution in [0.2, 0.25) is 0 Å². The van der Waals surface area contributed by atoms with E-state index in [2.05, 4.69) is 46.0 Å². The molecular formula is C9H10BrN2. The normalized spacial score (nSPS) is 9.25. The summed E-state index contributed by atoms with van der Waals surface area (Å²) in [5.41, 5.74) is 1.15. The smallest absolute Gasteiger partial charge is 0.128 e. The molecule has 0 atom stereocenters. The summed E-state index contributed by atoms with van der Waals surface area (Å²) in [6.45, 7) is 4.57. The summed E-state index contributed by atoms with van der Waals surface area (Å²) in [6.07, 6.45) is 3.81. The van der Waals surface area contributed by atoms with Crippen molar-refractivity contribution in [1.82, 2.24) is 9.78 Å². The monoisotopic (exact) mass is 225 g/mol. The zero-order valence-electron chi connectivity index (χ0n) is 7.19. The van der Waals surface area contributed by atoms with Gasteiger partial charge in [-0.25, -0.2) is 0 Å². The lowest BCUT2D eigenvalue weighted by Crippen LogP contribution is -2.02. The van der Waals surface area contributed by atoms with E-state index in [1.54, 1.807) is 0 Å². The molecule has 0 bridgehead atoms. The van der Waals surface area contributed by atoms with Crippen LogP contribution in [0, 0.1) is 18.0 Å². The molecule has 0 fully saturated rings. The molecule has 0 amide bonds. The van der Waals surface area contributed by atoms with Crippen LogP contribution in [0.15, 0.2) is 4.47 Å². The van der Waals surface area contributed by atoms with Crippen molar-refractivity contribution in [2.75, 3.05) is 0 Å². The van der Waals surface area contributed by atoms with Crippen molar-refractivity contribution < 1.29 is 0 Å². The third-order valence-corrected chi connectivity index (χ3v) is 2.21. The molecule has 1 aromatic rings. The molecule has 1 aromatic heterocycles. The highest BCUT2D eigenvalue weighted by Crippen LogP contribution is 2.15. The van der Waals surface area contributed by atoms with Gasteiger partial charge in [-0.1, -0.05) is 12.8 Å². The Morgan fingerprint density at radius 3 is 3.00 bits per heavy atom. The highest BCUT2D eigenvalue weighted by atomic mass is 79.9. The lowest BCUT2D eigenvalue weighted by atomic mass is 10.3. The molecule has 12 heavy (non-hydrogen) atoms. The van der Waals surface area contributed by atoms with Gasteiger partial charge in [-0.05, 0) is 29.3 Å². The van der Waals surface area contributed by atoms with Crippen LogP contribution in [0.1, 0.15) is 19.5 Å². The Hall–Kier alpha value is -0.750. The van der Waals surface area contributed by atoms with E-state index in [1.807, 2.05) is 11.6 Å². The van der Waals surface area contributed by atoms with Crippen LogP contribution in [-0.2, 0) is 13.0 Å². The maximum Gasteiger partial charge on any atom is 0.128 e. The minimum Gasteiger partial charge on any atom is -0.256 e. The van der Waals surface area contributed by atoms with Crippen molar-refractivity contribution in [2.24, 2.45) is 0 Å². The summed E-state index contributed by atoms with van der Waals surface area (Å²) < 4.78 is 2.81. The zero-order chi connectivity index (χ0) is 8.97. The first-order valence-corrected chi connectivity index (χ1v) is 4.61. The van der Waals surface area contributed by atoms with Crippen molar-refractivity contribution >= 4 is 15.9 Å². The molecule has 0 saturated heterocycles. The highest BCUT2D eigenvalue weighted by molar-refractivity contribution is 9.10. The van der Waals surface area contributed by atoms with Gasteiger partial charge in [-0.3, -0.25) is 4.68 Å². The number of hydrogen-bond acceptors (Lipinski definition) is 1. The van der Waals surface area contributed by atoms with Crippen molar-refractivity contribution in [3.05, 3.63) is 16.4 Å². The second-order valence-corrected chi connectivity index (χ2v) is 3.10. The molecule has 0 spiro atoms. The van der Waals surface area contributed by atoms with Crippen LogP contribution >= 0.6 is 15.9 Å². The molecule has 0 unspecified atom stereocenters. The van der Waals surface area contributed by atoms with Crippen LogP contribution in [0.3, 0.4) is 0 Å². The molecule has 0 aliphatic carbocycles. The number of nitrogens with zero attached hydrogens (tertiary/aromatic N) is 2. The van der Waals surface area contributed by atoms with E-state index >= 15 is 0 Å². The van der Waals surface area contributed by atoms with E-state index in [1.165, 1.54) is 0 Å². The third-order valence-electron chi connectivity index (χ3n) is 1.57. The largest absolute Gasteiger partial charge is 0.256 e. The first-order valence-electron chi connectivity index (χ1n) is 3.82. The number of rotatable bonds is 2. The van der Waals surface area contributed by atoms with Gasteiger partial charge in [0.25, 0.3) is 0 Å². The van der Waals surface area contributed by atoms with Gasteiger partial charge in [0.15, 0.2) is 0 Å². The van der Waals surface area contributed by atoms with Crippen LogP contribution < -0.4 is 0 Å². The average molecular weight is 226 g/mol. The van der Waals surface area contributed by atoms with E-state index < -0.39 is 0 Å². The number of hydrogen-bond donors (Lipinski definition) is 0. The van der Waals surface area contributed by atoms with E-state index in [0.717, 1.165) is 16.6 Å². The van der Waals surface area contributed by atoms with Crippen molar-refractivity contribution in [1.29, 1.82) is 0 Å². The summed E-state index contributed by atoms with van der Waals surface area (Å²) >= 11 is 3.38. The van der Waals surface area contributed by atoms with E-state index in [9.17, 15) is 0 Å². The van der Waals surface area contributed by atoms with E-state index in [4.69, 9.17) is 0 Å². The molecule has 0 N–H and O–H groups in total. The van der Waals surface area contributed by atoms with Crippen LogP contribution in [0.25, 0.3) is 0 Å². The highest BCUT2D eigenvalue weighted by Gasteiger charge is 2.04. The van der Waals surface area contributed by atoms with E-state index in [0.29, 0.717) is 6.54 Å². The van der Waals surface area contributed by atoms with Gasteiger partial charge >= 0.3 is 0 Å². The lowest BCUT2D eigenvalue weighted by Gasteiger charge is -2.00. The fourth-order valence-electron chi connectivity index (χ4n) is 0.965. The minimum atomic E-state index is 0.655. The molecule has 0 aromatic carbocycles. The van der Waals surface area contributed by atoms with Crippen LogP contribution in [0.5, 0.6) is 0 Å². The second-order valence-electron chi connectivity index (χ2n) is 2.31. The maximum atomic E-state index is 4.07. The van der Waals surface area contributed by atoms with Gasteiger partial charge in [0.2, 0.25) is 0 Å². The Labute approximate surface area is 81.1 Å². The maximum absolute atomic E-state index is 4.07. The fourth-order valence-corrected chi connectivity index (χ4v) is 1.53. The predicted octanol–water partition coefficient (Wildman–Crippen LogP) is 2.03. The van der Waals surface area contributed by atoms with Gasteiger partial charge in [0.05, 0.1) is 10.2 Å². The van der Waals surface area contributed by atoms with Crippen molar-refractivity contribution in [3.8, 4) is 11.8 Å². The zero-order valence-corrected chi connectivity index (χ0v) is 8.77. The SMILES string of the molecule is CC#CCn1n[c]c(Br)c1CC. The fraction of sp³-hybridized carbons (Fsp3) is 0.444. The quantitative estimate of drug-likeness (QED) is 0.705. The summed E-state index contributed by atoms with van der Waals surface area (Å²) in [4.78, 5) is 0. The molecule has 1 heterocycles. The first-order chi connectivity index (χ1) is 5.79. The van der Waals surface area contributed by atoms with Crippen LogP contribution in [-0.4, -0.2) is 9.78 Å². The van der Waals surface area contributed by atoms with Gasteiger partial charge < -0.3 is 0 Å². The van der Waals surface area contributed by atoms with Gasteiger partial charge in [0, 0.05) is 0 Å². The average Bonchev–Trinajstić information content (AvgIpc) is 2.43. The van der Waals surface area contributed by atoms with E-state index in [-0.39, 0.29) is 0 Å². The molecule has 1 rings (SSSR count). The lowest BCUT2D eigenvalue weighted by molar-refractivity contribution is 0.671. The second kappa shape index (κ2) is 4.32. The molecule has 1 radical (unpaired) electrons. The molecule has 0 saturated carbocycles. The first kappa shape index (κ1) is 9.34. The number of halogens is 1. The summed E-state index contributed by atoms with van der Waals surface area (Å²) in [5, 5.41) is 4.07. The topological polar surface area (TPSA) is 17.8 Å². The Kier molecular flexibility index (Phi) is 3.36. The van der Waals surface area contributed by atoms with Gasteiger partial charge in [-0.15, -0.1) is 5.92 Å². The standard InChI is InChI=1S/C9H10BrN2/c1-3-5-6-12-9(4-2)8(10)7-11-12/h4,6H2,1-2H3. The number of aromatic nitrogens is 2. The predicted molar refractivity (Wildman–Crippen MR) is 51.6 cm³/mol. The Morgan fingerprint density at radius 1 is 1.67 bits per heavy atom. The third kappa shape index (κ3) is 1.89. The Morgan fingerprint density at radius 2 is 2.42 bits per heavy atom. The summed E-state index contributed by atoms with van der Waals surface area (Å²) in [7, 11) is 0. The Bertz CT molecular complexity index is 317. The molecule has 63 valence electrons. The molecule has 2 nitrogen and oxygen atoms in total. The molecular weight excluding hydrogens is 216 g/mol. The van der Waals surface area contributed by atoms with Crippen molar-refractivity contribution in [3.63, 3.8) is 0 Å². The minimum absolute atomic E-state index is 0.655. The Balaban J connectivity index is 2.88. The molecule has 0 aliphatic heterocycles. The van der Waals surface area contributed by atoms with Crippen LogP contribution in [0.4, 0.5) is 0 Å². The van der Waals surface area contributed by atoms with Gasteiger partial charge in [-0.2, -0.15) is 5.10 Å². The molecule has 0 aliphatic rings. The summed E-state index contributed by atoms with van der Waals surface area (Å²) in [6, 6.07) is 0. The van der Waals surface area contributed by atoms with Crippen molar-refractivity contribution in [2.45, 2.75) is 26.8 Å². The van der Waals surface area contributed by atoms with Gasteiger partial charge in [0.1, 0.15) is 12.7 Å². The summed E-state index contributed by atoms with van der Waals surface area (Å²) in [5.74, 6) is 5.80.